The van der Waals surface area contributed by atoms with E-state index in [1.54, 1.807) is 0 Å². The zero-order valence-corrected chi connectivity index (χ0v) is 18.6. The molecule has 1 unspecified atom stereocenters. The van der Waals surface area contributed by atoms with Gasteiger partial charge in [0.1, 0.15) is 0 Å². The summed E-state index contributed by atoms with van der Waals surface area (Å²) in [6.45, 7) is 3.35. The van der Waals surface area contributed by atoms with Crippen LogP contribution in [0.2, 0.25) is 0 Å². The van der Waals surface area contributed by atoms with E-state index in [2.05, 4.69) is 36.1 Å². The number of carbonyl (C=O) groups is 1. The van der Waals surface area contributed by atoms with Gasteiger partial charge in [0.25, 0.3) is 0 Å². The third-order valence-corrected chi connectivity index (χ3v) is 7.00. The number of anilines is 1. The number of hydrogen-bond donors (Lipinski definition) is 2. The molecule has 1 atom stereocenters. The number of rotatable bonds is 7. The number of para-hydroxylation sites is 1. The van der Waals surface area contributed by atoms with E-state index in [9.17, 15) is 4.79 Å². The number of nitrogens with zero attached hydrogens (tertiary/aromatic N) is 4. The molecule has 4 aromatic rings. The highest BCUT2D eigenvalue weighted by Crippen LogP contribution is 2.31. The Labute approximate surface area is 187 Å². The molecule has 31 heavy (non-hydrogen) atoms. The number of aromatic amines is 1. The number of nitrogens with one attached hydrogen (secondary N) is 2. The van der Waals surface area contributed by atoms with Crippen LogP contribution >= 0.6 is 23.1 Å². The van der Waals surface area contributed by atoms with Crippen molar-refractivity contribution in [2.45, 2.75) is 37.6 Å². The van der Waals surface area contributed by atoms with E-state index in [0.717, 1.165) is 47.4 Å². The van der Waals surface area contributed by atoms with Crippen LogP contribution in [0.5, 0.6) is 0 Å². The van der Waals surface area contributed by atoms with Gasteiger partial charge in [-0.3, -0.25) is 9.36 Å². The SMILES string of the molecule is Cc1csc(NC(=O)CSc2nnc(-c3c[nH]c4ccccc34)n2CC2CCCO2)n1. The molecule has 5 rings (SSSR count). The molecule has 8 nitrogen and oxygen atoms in total. The lowest BCUT2D eigenvalue weighted by molar-refractivity contribution is -0.113. The summed E-state index contributed by atoms with van der Waals surface area (Å²) in [6.07, 6.45) is 4.17. The quantitative estimate of drug-likeness (QED) is 0.408. The van der Waals surface area contributed by atoms with Crippen molar-refractivity contribution in [3.05, 3.63) is 41.5 Å². The number of ether oxygens (including phenoxy) is 1. The fourth-order valence-corrected chi connectivity index (χ4v) is 5.16. The van der Waals surface area contributed by atoms with Crippen molar-refractivity contribution in [3.63, 3.8) is 0 Å². The van der Waals surface area contributed by atoms with E-state index in [4.69, 9.17) is 4.74 Å². The Hall–Kier alpha value is -2.69. The Morgan fingerprint density at radius 1 is 1.39 bits per heavy atom. The minimum absolute atomic E-state index is 0.111. The fraction of sp³-hybridized carbons (Fsp3) is 0.333. The van der Waals surface area contributed by atoms with Crippen LogP contribution in [-0.2, 0) is 16.1 Å². The Bertz CT molecular complexity index is 1210. The summed E-state index contributed by atoms with van der Waals surface area (Å²) in [7, 11) is 0. The largest absolute Gasteiger partial charge is 0.376 e. The molecule has 0 radical (unpaired) electrons. The van der Waals surface area contributed by atoms with E-state index in [-0.39, 0.29) is 17.8 Å². The predicted octanol–water partition coefficient (Wildman–Crippen LogP) is 4.10. The van der Waals surface area contributed by atoms with Gasteiger partial charge in [-0.2, -0.15) is 0 Å². The summed E-state index contributed by atoms with van der Waals surface area (Å²) in [5.74, 6) is 0.905. The molecular formula is C21H22N6O2S2. The van der Waals surface area contributed by atoms with Gasteiger partial charge in [-0.05, 0) is 25.8 Å². The lowest BCUT2D eigenvalue weighted by atomic mass is 10.1. The minimum Gasteiger partial charge on any atom is -0.376 e. The fourth-order valence-electron chi connectivity index (χ4n) is 3.70. The van der Waals surface area contributed by atoms with Crippen molar-refractivity contribution in [1.82, 2.24) is 24.7 Å². The number of thioether (sulfide) groups is 1. The highest BCUT2D eigenvalue weighted by atomic mass is 32.2. The molecule has 0 aliphatic carbocycles. The monoisotopic (exact) mass is 454 g/mol. The number of thiazole rings is 1. The summed E-state index contributed by atoms with van der Waals surface area (Å²) in [5.41, 5.74) is 2.94. The molecule has 1 fully saturated rings. The Morgan fingerprint density at radius 2 is 2.29 bits per heavy atom. The van der Waals surface area contributed by atoms with Crippen LogP contribution in [0.1, 0.15) is 18.5 Å². The lowest BCUT2D eigenvalue weighted by Crippen LogP contribution is -2.18. The Balaban J connectivity index is 1.39. The topological polar surface area (TPSA) is 97.7 Å². The first kappa shape index (κ1) is 20.2. The van der Waals surface area contributed by atoms with Crippen LogP contribution in [0.25, 0.3) is 22.3 Å². The molecule has 1 saturated heterocycles. The van der Waals surface area contributed by atoms with Gasteiger partial charge in [0, 0.05) is 34.7 Å². The van der Waals surface area contributed by atoms with Crippen molar-refractivity contribution in [2.24, 2.45) is 0 Å². The van der Waals surface area contributed by atoms with E-state index in [0.29, 0.717) is 16.8 Å². The molecule has 160 valence electrons. The van der Waals surface area contributed by atoms with Crippen molar-refractivity contribution >= 4 is 45.0 Å². The summed E-state index contributed by atoms with van der Waals surface area (Å²) in [6, 6.07) is 8.13. The number of benzene rings is 1. The molecule has 1 aliphatic rings. The summed E-state index contributed by atoms with van der Waals surface area (Å²) >= 11 is 2.80. The molecule has 1 aliphatic heterocycles. The number of amides is 1. The number of aryl methyl sites for hydroxylation is 1. The first-order valence-corrected chi connectivity index (χ1v) is 12.0. The van der Waals surface area contributed by atoms with Crippen LogP contribution in [-0.4, -0.2) is 49.1 Å². The highest BCUT2D eigenvalue weighted by molar-refractivity contribution is 7.99. The molecular weight excluding hydrogens is 432 g/mol. The van der Waals surface area contributed by atoms with Crippen LogP contribution in [0.3, 0.4) is 0 Å². The van der Waals surface area contributed by atoms with Gasteiger partial charge in [-0.15, -0.1) is 21.5 Å². The average molecular weight is 455 g/mol. The molecule has 0 saturated carbocycles. The normalized spacial score (nSPS) is 16.2. The lowest BCUT2D eigenvalue weighted by Gasteiger charge is -2.14. The van der Waals surface area contributed by atoms with E-state index >= 15 is 0 Å². The van der Waals surface area contributed by atoms with Gasteiger partial charge < -0.3 is 15.0 Å². The van der Waals surface area contributed by atoms with Gasteiger partial charge in [0.2, 0.25) is 5.91 Å². The molecule has 1 amide bonds. The molecule has 0 bridgehead atoms. The van der Waals surface area contributed by atoms with Gasteiger partial charge in [-0.25, -0.2) is 4.98 Å². The Morgan fingerprint density at radius 3 is 3.10 bits per heavy atom. The second kappa shape index (κ2) is 8.81. The van der Waals surface area contributed by atoms with Crippen LogP contribution in [0.15, 0.2) is 41.0 Å². The first-order valence-electron chi connectivity index (χ1n) is 10.1. The maximum Gasteiger partial charge on any atom is 0.236 e. The number of hydrogen-bond acceptors (Lipinski definition) is 7. The first-order chi connectivity index (χ1) is 15.2. The molecule has 4 heterocycles. The van der Waals surface area contributed by atoms with Crippen LogP contribution < -0.4 is 5.32 Å². The minimum atomic E-state index is -0.111. The third kappa shape index (κ3) is 4.36. The van der Waals surface area contributed by atoms with Gasteiger partial charge in [0.05, 0.1) is 24.1 Å². The predicted molar refractivity (Wildman–Crippen MR) is 122 cm³/mol. The van der Waals surface area contributed by atoms with Gasteiger partial charge in [0.15, 0.2) is 16.1 Å². The van der Waals surface area contributed by atoms with Crippen molar-refractivity contribution in [2.75, 3.05) is 17.7 Å². The van der Waals surface area contributed by atoms with E-state index in [1.165, 1.54) is 23.1 Å². The van der Waals surface area contributed by atoms with Crippen LogP contribution in [0, 0.1) is 6.92 Å². The molecule has 2 N–H and O–H groups in total. The summed E-state index contributed by atoms with van der Waals surface area (Å²) in [5, 5.41) is 16.1. The number of aromatic nitrogens is 5. The van der Waals surface area contributed by atoms with Crippen LogP contribution in [0.4, 0.5) is 5.13 Å². The van der Waals surface area contributed by atoms with Crippen molar-refractivity contribution in [1.29, 1.82) is 0 Å². The molecule has 1 aromatic carbocycles. The van der Waals surface area contributed by atoms with Crippen molar-refractivity contribution in [3.8, 4) is 11.4 Å². The van der Waals surface area contributed by atoms with Crippen molar-refractivity contribution < 1.29 is 9.53 Å². The average Bonchev–Trinajstić information content (AvgIpc) is 3.55. The smallest absolute Gasteiger partial charge is 0.236 e. The maximum atomic E-state index is 12.4. The second-order valence-corrected chi connectivity index (χ2v) is 9.23. The summed E-state index contributed by atoms with van der Waals surface area (Å²) < 4.78 is 7.95. The molecule has 3 aromatic heterocycles. The Kier molecular flexibility index (Phi) is 5.75. The summed E-state index contributed by atoms with van der Waals surface area (Å²) in [4.78, 5) is 20.0. The molecule has 10 heteroatoms. The van der Waals surface area contributed by atoms with Gasteiger partial charge >= 0.3 is 0 Å². The number of H-pyrrole nitrogens is 1. The standard InChI is InChI=1S/C21H22N6O2S2/c1-13-11-30-20(23-13)24-18(28)12-31-21-26-25-19(27(21)10-14-5-4-8-29-14)16-9-22-17-7-3-2-6-15(16)17/h2-3,6-7,9,11,14,22H,4-5,8,10,12H2,1H3,(H,23,24,28). The zero-order chi connectivity index (χ0) is 21.2. The second-order valence-electron chi connectivity index (χ2n) is 7.43. The number of carbonyl (C=O) groups excluding carboxylic acids is 1. The highest BCUT2D eigenvalue weighted by Gasteiger charge is 2.23. The van der Waals surface area contributed by atoms with E-state index < -0.39 is 0 Å². The number of fused-ring (bicyclic) bond motifs is 1. The van der Waals surface area contributed by atoms with Gasteiger partial charge in [-0.1, -0.05) is 30.0 Å². The van der Waals surface area contributed by atoms with E-state index in [1.807, 2.05) is 36.7 Å². The third-order valence-electron chi connectivity index (χ3n) is 5.15. The maximum absolute atomic E-state index is 12.4. The molecule has 0 spiro atoms. The zero-order valence-electron chi connectivity index (χ0n) is 17.0.